The predicted molar refractivity (Wildman–Crippen MR) is 58.2 cm³/mol. The molecule has 1 aromatic carbocycles. The molecular formula is C10H8ClFN4O. The van der Waals surface area contributed by atoms with Crippen LogP contribution in [-0.2, 0) is 13.5 Å². The molecular weight excluding hydrogens is 247 g/mol. The molecule has 88 valence electrons. The Balaban J connectivity index is 2.23. The first-order chi connectivity index (χ1) is 8.08. The topological polar surface area (TPSA) is 60.7 Å². The maximum Gasteiger partial charge on any atom is 0.182 e. The van der Waals surface area contributed by atoms with Crippen molar-refractivity contribution in [2.45, 2.75) is 6.42 Å². The van der Waals surface area contributed by atoms with Crippen LogP contribution < -0.4 is 0 Å². The molecule has 0 radical (unpaired) electrons. The van der Waals surface area contributed by atoms with Crippen LogP contribution in [0, 0.1) is 5.82 Å². The number of tetrazole rings is 1. The van der Waals surface area contributed by atoms with Crippen LogP contribution >= 0.6 is 11.6 Å². The van der Waals surface area contributed by atoms with Gasteiger partial charge in [-0.25, -0.2) is 4.39 Å². The Morgan fingerprint density at radius 2 is 2.29 bits per heavy atom. The molecule has 5 nitrogen and oxygen atoms in total. The molecule has 0 saturated heterocycles. The van der Waals surface area contributed by atoms with Crippen molar-refractivity contribution >= 4 is 17.4 Å². The minimum atomic E-state index is -0.719. The normalized spacial score (nSPS) is 10.5. The van der Waals surface area contributed by atoms with Gasteiger partial charge in [0.1, 0.15) is 0 Å². The van der Waals surface area contributed by atoms with Crippen LogP contribution in [-0.4, -0.2) is 26.0 Å². The number of Topliss-reactive ketones (excluding diaryl/α,β-unsaturated/α-hetero) is 1. The monoisotopic (exact) mass is 254 g/mol. The van der Waals surface area contributed by atoms with Crippen molar-refractivity contribution in [3.05, 3.63) is 40.4 Å². The first-order valence-electron chi connectivity index (χ1n) is 4.78. The minimum Gasteiger partial charge on any atom is -0.294 e. The summed E-state index contributed by atoms with van der Waals surface area (Å²) >= 11 is 5.59. The van der Waals surface area contributed by atoms with Crippen molar-refractivity contribution in [2.75, 3.05) is 0 Å². The van der Waals surface area contributed by atoms with Gasteiger partial charge in [-0.2, -0.15) is 4.80 Å². The molecule has 0 saturated carbocycles. The van der Waals surface area contributed by atoms with Crippen LogP contribution in [0.5, 0.6) is 0 Å². The number of halogens is 2. The molecule has 0 unspecified atom stereocenters. The fraction of sp³-hybridized carbons (Fsp3) is 0.200. The average molecular weight is 255 g/mol. The molecule has 0 aliphatic heterocycles. The van der Waals surface area contributed by atoms with E-state index in [1.165, 1.54) is 23.0 Å². The molecule has 1 aromatic heterocycles. The van der Waals surface area contributed by atoms with E-state index in [-0.39, 0.29) is 22.8 Å². The smallest absolute Gasteiger partial charge is 0.182 e. The molecule has 0 spiro atoms. The van der Waals surface area contributed by atoms with Crippen molar-refractivity contribution in [3.8, 4) is 0 Å². The highest BCUT2D eigenvalue weighted by Crippen LogP contribution is 2.18. The summed E-state index contributed by atoms with van der Waals surface area (Å²) in [6.07, 6.45) is -0.106. The molecule has 0 aliphatic rings. The molecule has 0 amide bonds. The summed E-state index contributed by atoms with van der Waals surface area (Å²) < 4.78 is 13.5. The fourth-order valence-electron chi connectivity index (χ4n) is 1.35. The highest BCUT2D eigenvalue weighted by molar-refractivity contribution is 6.31. The van der Waals surface area contributed by atoms with Gasteiger partial charge in [-0.1, -0.05) is 17.7 Å². The summed E-state index contributed by atoms with van der Waals surface area (Å²) in [6, 6.07) is 4.27. The van der Waals surface area contributed by atoms with Crippen LogP contribution in [0.15, 0.2) is 18.2 Å². The third-order valence-corrected chi connectivity index (χ3v) is 2.41. The van der Waals surface area contributed by atoms with Crippen LogP contribution in [0.2, 0.25) is 5.02 Å². The summed E-state index contributed by atoms with van der Waals surface area (Å²) in [4.78, 5) is 13.0. The van der Waals surface area contributed by atoms with Crippen LogP contribution in [0.4, 0.5) is 4.39 Å². The quantitative estimate of drug-likeness (QED) is 0.778. The van der Waals surface area contributed by atoms with E-state index in [9.17, 15) is 9.18 Å². The SMILES string of the molecule is Cn1nnc(CC(=O)c2cccc(Cl)c2F)n1. The van der Waals surface area contributed by atoms with E-state index >= 15 is 0 Å². The number of hydrogen-bond donors (Lipinski definition) is 0. The Kier molecular flexibility index (Phi) is 3.14. The van der Waals surface area contributed by atoms with Crippen molar-refractivity contribution in [1.82, 2.24) is 20.2 Å². The van der Waals surface area contributed by atoms with Gasteiger partial charge in [0, 0.05) is 0 Å². The molecule has 1 heterocycles. The zero-order chi connectivity index (χ0) is 12.4. The lowest BCUT2D eigenvalue weighted by Gasteiger charge is -2.01. The first-order valence-corrected chi connectivity index (χ1v) is 5.16. The predicted octanol–water partition coefficient (Wildman–Crippen LogP) is 1.43. The largest absolute Gasteiger partial charge is 0.294 e. The van der Waals surface area contributed by atoms with Crippen molar-refractivity contribution in [1.29, 1.82) is 0 Å². The van der Waals surface area contributed by atoms with E-state index < -0.39 is 11.6 Å². The second kappa shape index (κ2) is 4.58. The van der Waals surface area contributed by atoms with Crippen molar-refractivity contribution < 1.29 is 9.18 Å². The number of aryl methyl sites for hydroxylation is 1. The third-order valence-electron chi connectivity index (χ3n) is 2.12. The number of rotatable bonds is 3. The van der Waals surface area contributed by atoms with Crippen molar-refractivity contribution in [3.63, 3.8) is 0 Å². The Hall–Kier alpha value is -1.82. The number of benzene rings is 1. The van der Waals surface area contributed by atoms with E-state index in [1.54, 1.807) is 7.05 Å². The highest BCUT2D eigenvalue weighted by atomic mass is 35.5. The first kappa shape index (κ1) is 11.7. The zero-order valence-electron chi connectivity index (χ0n) is 8.89. The number of carbonyl (C=O) groups excluding carboxylic acids is 1. The van der Waals surface area contributed by atoms with Crippen molar-refractivity contribution in [2.24, 2.45) is 7.05 Å². The van der Waals surface area contributed by atoms with Gasteiger partial charge in [-0.15, -0.1) is 10.2 Å². The molecule has 2 rings (SSSR count). The Morgan fingerprint density at radius 3 is 2.94 bits per heavy atom. The van der Waals surface area contributed by atoms with E-state index in [0.29, 0.717) is 0 Å². The van der Waals surface area contributed by atoms with Gasteiger partial charge in [-0.3, -0.25) is 4.79 Å². The summed E-state index contributed by atoms with van der Waals surface area (Å²) in [5.74, 6) is -0.905. The van der Waals surface area contributed by atoms with Gasteiger partial charge in [-0.05, 0) is 17.3 Å². The maximum atomic E-state index is 13.5. The van der Waals surface area contributed by atoms with E-state index in [4.69, 9.17) is 11.6 Å². The summed E-state index contributed by atoms with van der Waals surface area (Å²) in [6.45, 7) is 0. The number of ketones is 1. The van der Waals surface area contributed by atoms with Crippen LogP contribution in [0.3, 0.4) is 0 Å². The molecule has 0 N–H and O–H groups in total. The standard InChI is InChI=1S/C10H8ClFN4O/c1-16-14-9(13-15-16)5-8(17)6-3-2-4-7(11)10(6)12/h2-4H,5H2,1H3. The Labute approximate surface area is 101 Å². The molecule has 7 heteroatoms. The molecule has 0 aliphatic carbocycles. The number of hydrogen-bond acceptors (Lipinski definition) is 4. The second-order valence-corrected chi connectivity index (χ2v) is 3.80. The van der Waals surface area contributed by atoms with Gasteiger partial charge >= 0.3 is 0 Å². The highest BCUT2D eigenvalue weighted by Gasteiger charge is 2.16. The summed E-state index contributed by atoms with van der Waals surface area (Å²) in [5.41, 5.74) is -0.0649. The van der Waals surface area contributed by atoms with Gasteiger partial charge in [0.15, 0.2) is 17.4 Å². The van der Waals surface area contributed by atoms with Gasteiger partial charge in [0.05, 0.1) is 24.1 Å². The number of nitrogens with zero attached hydrogens (tertiary/aromatic N) is 4. The molecule has 0 bridgehead atoms. The Morgan fingerprint density at radius 1 is 1.53 bits per heavy atom. The molecule has 17 heavy (non-hydrogen) atoms. The van der Waals surface area contributed by atoms with E-state index in [1.807, 2.05) is 0 Å². The lowest BCUT2D eigenvalue weighted by Crippen LogP contribution is -2.08. The van der Waals surface area contributed by atoms with Gasteiger partial charge in [0.2, 0.25) is 0 Å². The average Bonchev–Trinajstić information content (AvgIpc) is 2.68. The van der Waals surface area contributed by atoms with Crippen LogP contribution in [0.1, 0.15) is 16.2 Å². The number of aromatic nitrogens is 4. The van der Waals surface area contributed by atoms with Gasteiger partial charge < -0.3 is 0 Å². The molecule has 0 atom stereocenters. The van der Waals surface area contributed by atoms with Crippen LogP contribution in [0.25, 0.3) is 0 Å². The van der Waals surface area contributed by atoms with Gasteiger partial charge in [0.25, 0.3) is 0 Å². The lowest BCUT2D eigenvalue weighted by molar-refractivity contribution is 0.0987. The molecule has 2 aromatic rings. The summed E-state index contributed by atoms with van der Waals surface area (Å²) in [5, 5.41) is 11.0. The fourth-order valence-corrected chi connectivity index (χ4v) is 1.53. The third kappa shape index (κ3) is 2.47. The Bertz CT molecular complexity index is 569. The summed E-state index contributed by atoms with van der Waals surface area (Å²) in [7, 11) is 1.58. The number of carbonyl (C=O) groups is 1. The zero-order valence-corrected chi connectivity index (χ0v) is 9.65. The lowest BCUT2D eigenvalue weighted by atomic mass is 10.1. The van der Waals surface area contributed by atoms with E-state index in [0.717, 1.165) is 0 Å². The maximum absolute atomic E-state index is 13.5. The minimum absolute atomic E-state index is 0.0649. The van der Waals surface area contributed by atoms with E-state index in [2.05, 4.69) is 15.4 Å². The second-order valence-electron chi connectivity index (χ2n) is 3.40. The molecule has 0 fully saturated rings.